The molecular formula is C22H31N3O3. The van der Waals surface area contributed by atoms with E-state index < -0.39 is 5.92 Å². The molecule has 3 amide bonds. The summed E-state index contributed by atoms with van der Waals surface area (Å²) in [6, 6.07) is 7.28. The Balaban J connectivity index is 1.67. The van der Waals surface area contributed by atoms with Gasteiger partial charge in [-0.3, -0.25) is 14.4 Å². The predicted molar refractivity (Wildman–Crippen MR) is 109 cm³/mol. The Morgan fingerprint density at radius 3 is 2.39 bits per heavy atom. The van der Waals surface area contributed by atoms with Gasteiger partial charge in [-0.15, -0.1) is 0 Å². The van der Waals surface area contributed by atoms with Crippen molar-refractivity contribution < 1.29 is 14.4 Å². The summed E-state index contributed by atoms with van der Waals surface area (Å²) in [4.78, 5) is 39.5. The van der Waals surface area contributed by atoms with Gasteiger partial charge in [0, 0.05) is 24.5 Å². The molecule has 6 heteroatoms. The monoisotopic (exact) mass is 385 g/mol. The number of rotatable bonds is 4. The van der Waals surface area contributed by atoms with Crippen LogP contribution in [-0.2, 0) is 9.59 Å². The number of nitrogens with one attached hydrogen (secondary N) is 2. The van der Waals surface area contributed by atoms with Crippen molar-refractivity contribution in [2.24, 2.45) is 5.92 Å². The van der Waals surface area contributed by atoms with E-state index in [4.69, 9.17) is 0 Å². The van der Waals surface area contributed by atoms with Crippen molar-refractivity contribution in [3.8, 4) is 0 Å². The molecule has 1 heterocycles. The number of nitrogens with zero attached hydrogens (tertiary/aromatic N) is 1. The quantitative estimate of drug-likeness (QED) is 0.834. The second-order valence-corrected chi connectivity index (χ2v) is 8.92. The maximum absolute atomic E-state index is 12.8. The van der Waals surface area contributed by atoms with E-state index in [1.165, 1.54) is 6.42 Å². The Labute approximate surface area is 167 Å². The smallest absolute Gasteiger partial charge is 0.253 e. The third-order valence-electron chi connectivity index (χ3n) is 5.68. The summed E-state index contributed by atoms with van der Waals surface area (Å²) in [5, 5.41) is 5.98. The standard InChI is InChI=1S/C22H31N3O3/c1-22(2,3)25-14-15(13-19(25)26)20(27)24-18-12-8-7-11-17(18)21(28)23-16-9-5-4-6-10-16/h7-8,11-12,15-16H,4-6,9-10,13-14H2,1-3H3,(H,23,28)(H,24,27)/t15-/m0/s1. The molecule has 1 atom stereocenters. The molecule has 1 aliphatic heterocycles. The van der Waals surface area contributed by atoms with Gasteiger partial charge in [0.2, 0.25) is 11.8 Å². The van der Waals surface area contributed by atoms with E-state index in [2.05, 4.69) is 10.6 Å². The van der Waals surface area contributed by atoms with Crippen LogP contribution in [0.5, 0.6) is 0 Å². The molecule has 0 unspecified atom stereocenters. The maximum atomic E-state index is 12.8. The van der Waals surface area contributed by atoms with Crippen molar-refractivity contribution in [3.63, 3.8) is 0 Å². The van der Waals surface area contributed by atoms with Crippen molar-refractivity contribution in [3.05, 3.63) is 29.8 Å². The molecule has 0 bridgehead atoms. The molecule has 0 aromatic heterocycles. The van der Waals surface area contributed by atoms with Crippen LogP contribution in [0.15, 0.2) is 24.3 Å². The zero-order valence-corrected chi connectivity index (χ0v) is 17.1. The summed E-state index contributed by atoms with van der Waals surface area (Å²) >= 11 is 0. The summed E-state index contributed by atoms with van der Waals surface area (Å²) in [7, 11) is 0. The molecule has 2 fully saturated rings. The third kappa shape index (κ3) is 4.72. The minimum absolute atomic E-state index is 0.00373. The van der Waals surface area contributed by atoms with Crippen LogP contribution in [0.4, 0.5) is 5.69 Å². The highest BCUT2D eigenvalue weighted by atomic mass is 16.2. The number of anilines is 1. The molecule has 28 heavy (non-hydrogen) atoms. The molecule has 1 aliphatic carbocycles. The van der Waals surface area contributed by atoms with Gasteiger partial charge in [0.1, 0.15) is 0 Å². The molecule has 2 N–H and O–H groups in total. The number of carbonyl (C=O) groups excluding carboxylic acids is 3. The zero-order chi connectivity index (χ0) is 20.3. The lowest BCUT2D eigenvalue weighted by Crippen LogP contribution is -2.42. The first-order chi connectivity index (χ1) is 13.3. The van der Waals surface area contributed by atoms with Gasteiger partial charge in [-0.25, -0.2) is 0 Å². The molecule has 0 radical (unpaired) electrons. The van der Waals surface area contributed by atoms with Crippen molar-refractivity contribution in [1.29, 1.82) is 0 Å². The van der Waals surface area contributed by atoms with Crippen LogP contribution >= 0.6 is 0 Å². The molecule has 0 spiro atoms. The Morgan fingerprint density at radius 1 is 1.07 bits per heavy atom. The van der Waals surface area contributed by atoms with E-state index in [-0.39, 0.29) is 35.7 Å². The van der Waals surface area contributed by atoms with E-state index in [0.717, 1.165) is 25.7 Å². The van der Waals surface area contributed by atoms with E-state index in [9.17, 15) is 14.4 Å². The highest BCUT2D eigenvalue weighted by Gasteiger charge is 2.39. The summed E-state index contributed by atoms with van der Waals surface area (Å²) in [5.41, 5.74) is 0.671. The molecule has 1 aromatic rings. The van der Waals surface area contributed by atoms with Crippen molar-refractivity contribution in [1.82, 2.24) is 10.2 Å². The van der Waals surface area contributed by atoms with Crippen molar-refractivity contribution >= 4 is 23.4 Å². The fraction of sp³-hybridized carbons (Fsp3) is 0.591. The minimum Gasteiger partial charge on any atom is -0.349 e. The SMILES string of the molecule is CC(C)(C)N1C[C@@H](C(=O)Nc2ccccc2C(=O)NC2CCCCC2)CC1=O. The molecule has 6 nitrogen and oxygen atoms in total. The Hall–Kier alpha value is -2.37. The average molecular weight is 386 g/mol. The fourth-order valence-corrected chi connectivity index (χ4v) is 4.07. The van der Waals surface area contributed by atoms with Gasteiger partial charge in [-0.05, 0) is 45.7 Å². The number of hydrogen-bond acceptors (Lipinski definition) is 3. The molecule has 1 saturated carbocycles. The number of para-hydroxylation sites is 1. The van der Waals surface area contributed by atoms with Gasteiger partial charge in [0.05, 0.1) is 17.2 Å². The van der Waals surface area contributed by atoms with Crippen molar-refractivity contribution in [2.75, 3.05) is 11.9 Å². The first-order valence-electron chi connectivity index (χ1n) is 10.3. The van der Waals surface area contributed by atoms with Gasteiger partial charge < -0.3 is 15.5 Å². The summed E-state index contributed by atoms with van der Waals surface area (Å²) < 4.78 is 0. The van der Waals surface area contributed by atoms with E-state index in [0.29, 0.717) is 17.8 Å². The van der Waals surface area contributed by atoms with Crippen LogP contribution in [0.2, 0.25) is 0 Å². The second-order valence-electron chi connectivity index (χ2n) is 8.92. The topological polar surface area (TPSA) is 78.5 Å². The summed E-state index contributed by atoms with van der Waals surface area (Å²) in [5.74, 6) is -0.767. The second kappa shape index (κ2) is 8.33. The molecule has 2 aliphatic rings. The lowest BCUT2D eigenvalue weighted by molar-refractivity contribution is -0.131. The van der Waals surface area contributed by atoms with Gasteiger partial charge in [-0.2, -0.15) is 0 Å². The molecule has 1 aromatic carbocycles. The fourth-order valence-electron chi connectivity index (χ4n) is 4.07. The first kappa shape index (κ1) is 20.4. The van der Waals surface area contributed by atoms with Crippen LogP contribution < -0.4 is 10.6 Å². The number of amides is 3. The van der Waals surface area contributed by atoms with E-state index in [1.807, 2.05) is 20.8 Å². The maximum Gasteiger partial charge on any atom is 0.253 e. The normalized spacial score (nSPS) is 20.9. The van der Waals surface area contributed by atoms with Gasteiger partial charge in [0.15, 0.2) is 0 Å². The van der Waals surface area contributed by atoms with E-state index >= 15 is 0 Å². The number of hydrogen-bond donors (Lipinski definition) is 2. The number of carbonyl (C=O) groups is 3. The van der Waals surface area contributed by atoms with Gasteiger partial charge in [-0.1, -0.05) is 31.4 Å². The van der Waals surface area contributed by atoms with Gasteiger partial charge >= 0.3 is 0 Å². The Morgan fingerprint density at radius 2 is 1.75 bits per heavy atom. The average Bonchev–Trinajstić information content (AvgIpc) is 3.05. The highest BCUT2D eigenvalue weighted by Crippen LogP contribution is 2.27. The lowest BCUT2D eigenvalue weighted by Gasteiger charge is -2.32. The molecule has 1 saturated heterocycles. The van der Waals surface area contributed by atoms with Gasteiger partial charge in [0.25, 0.3) is 5.91 Å². The van der Waals surface area contributed by atoms with Crippen LogP contribution in [0.1, 0.15) is 69.7 Å². The number of benzene rings is 1. The van der Waals surface area contributed by atoms with Crippen molar-refractivity contribution in [2.45, 2.75) is 70.9 Å². The van der Waals surface area contributed by atoms with Crippen LogP contribution in [0.3, 0.4) is 0 Å². The summed E-state index contributed by atoms with van der Waals surface area (Å²) in [6.45, 7) is 6.31. The largest absolute Gasteiger partial charge is 0.349 e. The first-order valence-corrected chi connectivity index (χ1v) is 10.3. The molecule has 152 valence electrons. The summed E-state index contributed by atoms with van der Waals surface area (Å²) in [6.07, 6.45) is 5.73. The number of likely N-dealkylation sites (tertiary alicyclic amines) is 1. The Kier molecular flexibility index (Phi) is 6.06. The minimum atomic E-state index is -0.402. The van der Waals surface area contributed by atoms with E-state index in [1.54, 1.807) is 29.2 Å². The predicted octanol–water partition coefficient (Wildman–Crippen LogP) is 3.33. The van der Waals surface area contributed by atoms with Crippen LogP contribution in [0.25, 0.3) is 0 Å². The zero-order valence-electron chi connectivity index (χ0n) is 17.1. The molecule has 3 rings (SSSR count). The van der Waals surface area contributed by atoms with Crippen LogP contribution in [-0.4, -0.2) is 40.7 Å². The lowest BCUT2D eigenvalue weighted by atomic mass is 9.95. The third-order valence-corrected chi connectivity index (χ3v) is 5.68. The Bertz CT molecular complexity index is 748. The highest BCUT2D eigenvalue weighted by molar-refractivity contribution is 6.05. The molecular weight excluding hydrogens is 354 g/mol. The van der Waals surface area contributed by atoms with Crippen LogP contribution in [0, 0.1) is 5.92 Å².